The van der Waals surface area contributed by atoms with Crippen molar-refractivity contribution in [2.75, 3.05) is 52.9 Å². The lowest BCUT2D eigenvalue weighted by Crippen LogP contribution is -2.42. The molecule has 0 radical (unpaired) electrons. The second-order valence-electron chi connectivity index (χ2n) is 6.75. The van der Waals surface area contributed by atoms with Gasteiger partial charge in [0.2, 0.25) is 0 Å². The molecule has 1 heterocycles. The standard InChI is InChI=1S/C19H30ClF2N5O.HI/c1-3-23-19(24-7-10-27-9-4-8-26(2)11-12-27)25-14-15-13-16(20)5-6-17(15)28-18(21)22;/h5-6,13,18H,3-4,7-12,14H2,1-2H3,(H2,23,24,25);1H. The normalized spacial score (nSPS) is 16.3. The summed E-state index contributed by atoms with van der Waals surface area (Å²) in [5.74, 6) is 0.727. The van der Waals surface area contributed by atoms with Crippen LogP contribution in [0.5, 0.6) is 5.75 Å². The van der Waals surface area contributed by atoms with Crippen molar-refractivity contribution in [3.05, 3.63) is 28.8 Å². The third kappa shape index (κ3) is 10.1. The number of halogens is 4. The first-order valence-corrected chi connectivity index (χ1v) is 10.0. The molecule has 2 rings (SSSR count). The van der Waals surface area contributed by atoms with Crippen LogP contribution in [0.3, 0.4) is 0 Å². The first kappa shape index (κ1) is 26.1. The SMILES string of the molecule is CCNC(=NCc1cc(Cl)ccc1OC(F)F)NCCN1CCCN(C)CC1.I. The van der Waals surface area contributed by atoms with Crippen molar-refractivity contribution in [1.29, 1.82) is 0 Å². The predicted molar refractivity (Wildman–Crippen MR) is 125 cm³/mol. The number of alkyl halides is 2. The van der Waals surface area contributed by atoms with Crippen LogP contribution in [-0.4, -0.2) is 75.2 Å². The molecule has 1 aliphatic heterocycles. The molecule has 0 aromatic heterocycles. The van der Waals surface area contributed by atoms with Crippen LogP contribution in [0, 0.1) is 0 Å². The van der Waals surface area contributed by atoms with Gasteiger partial charge in [-0.15, -0.1) is 24.0 Å². The topological polar surface area (TPSA) is 52.1 Å². The van der Waals surface area contributed by atoms with E-state index in [-0.39, 0.29) is 36.3 Å². The maximum Gasteiger partial charge on any atom is 0.387 e. The zero-order valence-corrected chi connectivity index (χ0v) is 20.1. The van der Waals surface area contributed by atoms with Crippen LogP contribution in [0.1, 0.15) is 18.9 Å². The number of ether oxygens (including phenoxy) is 1. The zero-order chi connectivity index (χ0) is 20.4. The molecule has 1 saturated heterocycles. The number of aliphatic imine (C=N–C) groups is 1. The van der Waals surface area contributed by atoms with Crippen LogP contribution in [0.4, 0.5) is 8.78 Å². The zero-order valence-electron chi connectivity index (χ0n) is 17.0. The number of hydrogen-bond donors (Lipinski definition) is 2. The molecule has 10 heteroatoms. The fourth-order valence-corrected chi connectivity index (χ4v) is 3.24. The fraction of sp³-hybridized carbons (Fsp3) is 0.632. The second kappa shape index (κ2) is 14.2. The largest absolute Gasteiger partial charge is 0.434 e. The van der Waals surface area contributed by atoms with Crippen LogP contribution < -0.4 is 15.4 Å². The van der Waals surface area contributed by atoms with E-state index >= 15 is 0 Å². The van der Waals surface area contributed by atoms with E-state index < -0.39 is 6.61 Å². The van der Waals surface area contributed by atoms with Crippen molar-refractivity contribution in [3.8, 4) is 5.75 Å². The van der Waals surface area contributed by atoms with E-state index in [0.717, 1.165) is 39.3 Å². The van der Waals surface area contributed by atoms with Gasteiger partial charge in [0.15, 0.2) is 5.96 Å². The number of nitrogens with one attached hydrogen (secondary N) is 2. The predicted octanol–water partition coefficient (Wildman–Crippen LogP) is 3.25. The van der Waals surface area contributed by atoms with Gasteiger partial charge in [-0.1, -0.05) is 11.6 Å². The molecule has 1 aromatic rings. The van der Waals surface area contributed by atoms with E-state index in [0.29, 0.717) is 23.1 Å². The Bertz CT molecular complexity index is 639. The fourth-order valence-electron chi connectivity index (χ4n) is 3.04. The van der Waals surface area contributed by atoms with Crippen molar-refractivity contribution in [1.82, 2.24) is 20.4 Å². The van der Waals surface area contributed by atoms with E-state index in [4.69, 9.17) is 11.6 Å². The van der Waals surface area contributed by atoms with Crippen molar-refractivity contribution in [3.63, 3.8) is 0 Å². The lowest BCUT2D eigenvalue weighted by atomic mass is 10.2. The summed E-state index contributed by atoms with van der Waals surface area (Å²) in [7, 11) is 2.15. The summed E-state index contributed by atoms with van der Waals surface area (Å²) < 4.78 is 29.7. The minimum atomic E-state index is -2.89. The van der Waals surface area contributed by atoms with Crippen LogP contribution in [0.15, 0.2) is 23.2 Å². The summed E-state index contributed by atoms with van der Waals surface area (Å²) in [5, 5.41) is 6.94. The van der Waals surface area contributed by atoms with E-state index in [1.807, 2.05) is 6.92 Å². The Labute approximate surface area is 194 Å². The summed E-state index contributed by atoms with van der Waals surface area (Å²) in [6, 6.07) is 4.56. The molecule has 0 saturated carbocycles. The quantitative estimate of drug-likeness (QED) is 0.298. The number of guanidine groups is 1. The molecule has 1 aromatic carbocycles. The minimum absolute atomic E-state index is 0. The number of nitrogens with zero attached hydrogens (tertiary/aromatic N) is 3. The summed E-state index contributed by atoms with van der Waals surface area (Å²) in [6.07, 6.45) is 1.17. The number of likely N-dealkylation sites (N-methyl/N-ethyl adjacent to an activating group) is 1. The molecule has 0 spiro atoms. The van der Waals surface area contributed by atoms with Gasteiger partial charge in [0.25, 0.3) is 0 Å². The van der Waals surface area contributed by atoms with Crippen LogP contribution in [-0.2, 0) is 6.54 Å². The molecular formula is C19H31ClF2IN5O. The van der Waals surface area contributed by atoms with E-state index in [1.165, 1.54) is 18.6 Å². The molecule has 0 atom stereocenters. The number of benzene rings is 1. The van der Waals surface area contributed by atoms with Crippen molar-refractivity contribution >= 4 is 41.5 Å². The highest BCUT2D eigenvalue weighted by Gasteiger charge is 2.12. The van der Waals surface area contributed by atoms with E-state index in [2.05, 4.69) is 37.2 Å². The molecule has 166 valence electrons. The molecular weight excluding hydrogens is 515 g/mol. The average molecular weight is 546 g/mol. The monoisotopic (exact) mass is 545 g/mol. The van der Waals surface area contributed by atoms with Gasteiger partial charge in [-0.05, 0) is 51.7 Å². The maximum absolute atomic E-state index is 12.6. The summed E-state index contributed by atoms with van der Waals surface area (Å²) >= 11 is 5.99. The Morgan fingerprint density at radius 2 is 2.03 bits per heavy atom. The number of rotatable bonds is 8. The van der Waals surface area contributed by atoms with E-state index in [1.54, 1.807) is 6.07 Å². The highest BCUT2D eigenvalue weighted by molar-refractivity contribution is 14.0. The Hall–Kier alpha value is -0.910. The molecule has 0 aliphatic carbocycles. The highest BCUT2D eigenvalue weighted by atomic mass is 127. The third-order valence-electron chi connectivity index (χ3n) is 4.52. The second-order valence-corrected chi connectivity index (χ2v) is 7.19. The summed E-state index contributed by atoms with van der Waals surface area (Å²) in [5.41, 5.74) is 0.514. The first-order valence-electron chi connectivity index (χ1n) is 9.64. The van der Waals surface area contributed by atoms with Gasteiger partial charge in [0.1, 0.15) is 5.75 Å². The molecule has 0 bridgehead atoms. The van der Waals surface area contributed by atoms with Crippen molar-refractivity contribution in [2.24, 2.45) is 4.99 Å². The van der Waals surface area contributed by atoms with Crippen molar-refractivity contribution < 1.29 is 13.5 Å². The van der Waals surface area contributed by atoms with Gasteiger partial charge in [0, 0.05) is 43.3 Å². The van der Waals surface area contributed by atoms with Crippen LogP contribution in [0.25, 0.3) is 0 Å². The van der Waals surface area contributed by atoms with E-state index in [9.17, 15) is 8.78 Å². The molecule has 0 unspecified atom stereocenters. The maximum atomic E-state index is 12.6. The third-order valence-corrected chi connectivity index (χ3v) is 4.76. The smallest absolute Gasteiger partial charge is 0.387 e. The summed E-state index contributed by atoms with van der Waals surface area (Å²) in [4.78, 5) is 9.28. The van der Waals surface area contributed by atoms with Gasteiger partial charge in [0.05, 0.1) is 6.54 Å². The van der Waals surface area contributed by atoms with Crippen LogP contribution in [0.2, 0.25) is 5.02 Å². The van der Waals surface area contributed by atoms with Crippen molar-refractivity contribution in [2.45, 2.75) is 26.5 Å². The Balaban J connectivity index is 0.00000420. The lowest BCUT2D eigenvalue weighted by Gasteiger charge is -2.21. The molecule has 6 nitrogen and oxygen atoms in total. The van der Waals surface area contributed by atoms with Gasteiger partial charge in [-0.2, -0.15) is 8.78 Å². The van der Waals surface area contributed by atoms with Crippen LogP contribution >= 0.6 is 35.6 Å². The average Bonchev–Trinajstić information content (AvgIpc) is 2.85. The molecule has 29 heavy (non-hydrogen) atoms. The Morgan fingerprint density at radius 3 is 2.76 bits per heavy atom. The van der Waals surface area contributed by atoms with Gasteiger partial charge in [-0.3, -0.25) is 0 Å². The number of hydrogen-bond acceptors (Lipinski definition) is 4. The minimum Gasteiger partial charge on any atom is -0.434 e. The summed E-state index contributed by atoms with van der Waals surface area (Å²) in [6.45, 7) is 6.03. The first-order chi connectivity index (χ1) is 13.5. The van der Waals surface area contributed by atoms with Gasteiger partial charge in [-0.25, -0.2) is 4.99 Å². The lowest BCUT2D eigenvalue weighted by molar-refractivity contribution is -0.0504. The van der Waals surface area contributed by atoms with Gasteiger partial charge < -0.3 is 25.2 Å². The molecule has 1 fully saturated rings. The molecule has 1 aliphatic rings. The molecule has 0 amide bonds. The Kier molecular flexibility index (Phi) is 12.8. The Morgan fingerprint density at radius 1 is 1.24 bits per heavy atom. The van der Waals surface area contributed by atoms with Gasteiger partial charge >= 0.3 is 6.61 Å². The highest BCUT2D eigenvalue weighted by Crippen LogP contribution is 2.25. The molecule has 2 N–H and O–H groups in total.